The molecule has 1 heterocycles. The molecule has 1 rings (SSSR count). The van der Waals surface area contributed by atoms with E-state index in [-0.39, 0.29) is 11.8 Å². The Labute approximate surface area is 81.6 Å². The van der Waals surface area contributed by atoms with Crippen LogP contribution in [-0.2, 0) is 4.79 Å². The summed E-state index contributed by atoms with van der Waals surface area (Å²) >= 11 is 1.36. The summed E-state index contributed by atoms with van der Waals surface area (Å²) in [6, 6.07) is 3.50. The predicted molar refractivity (Wildman–Crippen MR) is 53.7 cm³/mol. The predicted octanol–water partition coefficient (Wildman–Crippen LogP) is 1.69. The van der Waals surface area contributed by atoms with Gasteiger partial charge < -0.3 is 10.5 Å². The molecule has 1 amide bonds. The van der Waals surface area contributed by atoms with Gasteiger partial charge in [-0.05, 0) is 11.4 Å². The van der Waals surface area contributed by atoms with Crippen LogP contribution in [-0.4, -0.2) is 12.2 Å². The Kier molecular flexibility index (Phi) is 5.80. The summed E-state index contributed by atoms with van der Waals surface area (Å²) in [4.78, 5) is 20.4. The molecule has 0 radical (unpaired) electrons. The number of rotatable bonds is 2. The molecule has 1 aromatic rings. The number of hydrogen-bond acceptors (Lipinski definition) is 3. The first kappa shape index (κ1) is 11.8. The Bertz CT molecular complexity index is 255. The summed E-state index contributed by atoms with van der Waals surface area (Å²) in [7, 11) is 0. The highest BCUT2D eigenvalue weighted by atomic mass is 32.1. The van der Waals surface area contributed by atoms with E-state index in [1.807, 2.05) is 19.2 Å². The van der Waals surface area contributed by atoms with Crippen molar-refractivity contribution >= 4 is 23.5 Å². The lowest BCUT2D eigenvalue weighted by Gasteiger charge is -1.80. The van der Waals surface area contributed by atoms with Crippen molar-refractivity contribution in [1.29, 1.82) is 0 Å². The highest BCUT2D eigenvalue weighted by molar-refractivity contribution is 7.12. The van der Waals surface area contributed by atoms with Crippen LogP contribution in [0.25, 0.3) is 0 Å². The maximum absolute atomic E-state index is 10.3. The zero-order valence-electron chi connectivity index (χ0n) is 7.69. The van der Waals surface area contributed by atoms with E-state index in [0.29, 0.717) is 4.88 Å². The minimum Gasteiger partial charge on any atom is -0.365 e. The van der Waals surface area contributed by atoms with Crippen LogP contribution in [0, 0.1) is 5.92 Å². The Morgan fingerprint density at radius 3 is 2.31 bits per heavy atom. The highest BCUT2D eigenvalue weighted by Gasteiger charge is 1.96. The average Bonchev–Trinajstić information content (AvgIpc) is 2.57. The van der Waals surface area contributed by atoms with Gasteiger partial charge in [-0.25, -0.2) is 0 Å². The maximum Gasteiger partial charge on any atom is 0.258 e. The van der Waals surface area contributed by atoms with E-state index in [1.54, 1.807) is 12.1 Å². The first-order valence-electron chi connectivity index (χ1n) is 3.86. The second-order valence-electron chi connectivity index (χ2n) is 2.72. The summed E-state index contributed by atoms with van der Waals surface area (Å²) in [5, 5.41) is 1.82. The van der Waals surface area contributed by atoms with Crippen LogP contribution in [0.1, 0.15) is 23.5 Å². The van der Waals surface area contributed by atoms with E-state index in [0.717, 1.165) is 6.29 Å². The first-order valence-corrected chi connectivity index (χ1v) is 4.74. The summed E-state index contributed by atoms with van der Waals surface area (Å²) in [6.07, 6.45) is 0.917. The zero-order valence-corrected chi connectivity index (χ0v) is 8.51. The van der Waals surface area contributed by atoms with Crippen LogP contribution < -0.4 is 5.73 Å². The Hall–Kier alpha value is -1.16. The largest absolute Gasteiger partial charge is 0.365 e. The molecule has 0 fully saturated rings. The van der Waals surface area contributed by atoms with E-state index >= 15 is 0 Å². The van der Waals surface area contributed by atoms with Crippen molar-refractivity contribution in [2.45, 2.75) is 13.8 Å². The standard InChI is InChI=1S/C5H5NOS.C4H8O/c6-5(7)4-2-1-3-8-4;1-4(2)3-5/h1-3H,(H2,6,7);3-4H,1-2H3. The van der Waals surface area contributed by atoms with Crippen molar-refractivity contribution in [2.24, 2.45) is 11.7 Å². The molecule has 0 atom stereocenters. The van der Waals surface area contributed by atoms with Crippen LogP contribution in [0.15, 0.2) is 17.5 Å². The van der Waals surface area contributed by atoms with Crippen LogP contribution >= 0.6 is 11.3 Å². The molecule has 0 aliphatic heterocycles. The molecule has 72 valence electrons. The smallest absolute Gasteiger partial charge is 0.258 e. The molecule has 13 heavy (non-hydrogen) atoms. The third kappa shape index (κ3) is 6.04. The lowest BCUT2D eigenvalue weighted by molar-refractivity contribution is -0.110. The topological polar surface area (TPSA) is 60.2 Å². The third-order valence-electron chi connectivity index (χ3n) is 1.04. The molecular formula is C9H13NO2S. The molecule has 0 bridgehead atoms. The maximum atomic E-state index is 10.3. The third-order valence-corrected chi connectivity index (χ3v) is 1.92. The molecule has 0 unspecified atom stereocenters. The van der Waals surface area contributed by atoms with Gasteiger partial charge in [0.15, 0.2) is 0 Å². The molecule has 0 aliphatic rings. The molecule has 3 nitrogen and oxygen atoms in total. The van der Waals surface area contributed by atoms with Gasteiger partial charge in [0.05, 0.1) is 4.88 Å². The summed E-state index contributed by atoms with van der Waals surface area (Å²) in [6.45, 7) is 3.71. The Morgan fingerprint density at radius 1 is 1.62 bits per heavy atom. The first-order chi connectivity index (χ1) is 6.07. The number of hydrogen-bond donors (Lipinski definition) is 1. The van der Waals surface area contributed by atoms with Gasteiger partial charge in [-0.1, -0.05) is 19.9 Å². The number of amides is 1. The van der Waals surface area contributed by atoms with Crippen molar-refractivity contribution < 1.29 is 9.59 Å². The summed E-state index contributed by atoms with van der Waals surface area (Å²) < 4.78 is 0. The SMILES string of the molecule is CC(C)C=O.NC(=O)c1cccs1. The highest BCUT2D eigenvalue weighted by Crippen LogP contribution is 2.05. The number of primary amides is 1. The fourth-order valence-corrected chi connectivity index (χ4v) is 0.996. The second kappa shape index (κ2) is 6.37. The van der Waals surface area contributed by atoms with Gasteiger partial charge in [0.1, 0.15) is 6.29 Å². The van der Waals surface area contributed by atoms with Crippen molar-refractivity contribution in [3.8, 4) is 0 Å². The van der Waals surface area contributed by atoms with E-state index in [2.05, 4.69) is 0 Å². The monoisotopic (exact) mass is 199 g/mol. The molecule has 0 aromatic carbocycles. The van der Waals surface area contributed by atoms with Crippen LogP contribution in [0.2, 0.25) is 0 Å². The van der Waals surface area contributed by atoms with Crippen molar-refractivity contribution in [3.05, 3.63) is 22.4 Å². The van der Waals surface area contributed by atoms with Gasteiger partial charge in [0, 0.05) is 5.92 Å². The van der Waals surface area contributed by atoms with Crippen LogP contribution in [0.5, 0.6) is 0 Å². The van der Waals surface area contributed by atoms with Gasteiger partial charge >= 0.3 is 0 Å². The van der Waals surface area contributed by atoms with Crippen molar-refractivity contribution in [2.75, 3.05) is 0 Å². The average molecular weight is 199 g/mol. The van der Waals surface area contributed by atoms with E-state index < -0.39 is 0 Å². The van der Waals surface area contributed by atoms with E-state index in [4.69, 9.17) is 5.73 Å². The molecule has 1 aromatic heterocycles. The molecular weight excluding hydrogens is 186 g/mol. The zero-order chi connectivity index (χ0) is 10.3. The number of carbonyl (C=O) groups is 2. The molecule has 4 heteroatoms. The molecule has 0 aliphatic carbocycles. The molecule has 0 saturated carbocycles. The van der Waals surface area contributed by atoms with Gasteiger partial charge in [-0.3, -0.25) is 4.79 Å². The van der Waals surface area contributed by atoms with Crippen LogP contribution in [0.4, 0.5) is 0 Å². The second-order valence-corrected chi connectivity index (χ2v) is 3.67. The molecule has 0 saturated heterocycles. The Morgan fingerprint density at radius 2 is 2.15 bits per heavy atom. The van der Waals surface area contributed by atoms with Gasteiger partial charge in [-0.15, -0.1) is 11.3 Å². The number of thiophene rings is 1. The number of aldehydes is 1. The quantitative estimate of drug-likeness (QED) is 0.737. The fraction of sp³-hybridized carbons (Fsp3) is 0.333. The van der Waals surface area contributed by atoms with E-state index in [1.165, 1.54) is 11.3 Å². The van der Waals surface area contributed by atoms with Crippen molar-refractivity contribution in [3.63, 3.8) is 0 Å². The van der Waals surface area contributed by atoms with Crippen LogP contribution in [0.3, 0.4) is 0 Å². The fourth-order valence-electron chi connectivity index (χ4n) is 0.419. The normalized spacial score (nSPS) is 8.85. The Balaban J connectivity index is 0.000000252. The van der Waals surface area contributed by atoms with E-state index in [9.17, 15) is 9.59 Å². The van der Waals surface area contributed by atoms with Gasteiger partial charge in [0.25, 0.3) is 5.91 Å². The van der Waals surface area contributed by atoms with Gasteiger partial charge in [0.2, 0.25) is 0 Å². The lowest BCUT2D eigenvalue weighted by Crippen LogP contribution is -2.07. The summed E-state index contributed by atoms with van der Waals surface area (Å²) in [5.74, 6) is -0.144. The number of carbonyl (C=O) groups excluding carboxylic acids is 2. The minimum atomic E-state index is -0.347. The minimum absolute atomic E-state index is 0.204. The lowest BCUT2D eigenvalue weighted by atomic mass is 10.3. The summed E-state index contributed by atoms with van der Waals surface area (Å²) in [5.41, 5.74) is 4.93. The van der Waals surface area contributed by atoms with Gasteiger partial charge in [-0.2, -0.15) is 0 Å². The number of nitrogens with two attached hydrogens (primary N) is 1. The molecule has 0 spiro atoms. The van der Waals surface area contributed by atoms with Crippen molar-refractivity contribution in [1.82, 2.24) is 0 Å². The molecule has 2 N–H and O–H groups in total.